The topological polar surface area (TPSA) is 123 Å². The highest BCUT2D eigenvalue weighted by Crippen LogP contribution is 2.46. The molecule has 0 spiro atoms. The Labute approximate surface area is 191 Å². The Morgan fingerprint density at radius 1 is 1.12 bits per heavy atom. The average molecular weight is 495 g/mol. The van der Waals surface area contributed by atoms with Crippen molar-refractivity contribution in [3.8, 4) is 11.3 Å². The first-order valence-corrected chi connectivity index (χ1v) is 13.8. The summed E-state index contributed by atoms with van der Waals surface area (Å²) in [4.78, 5) is 12.7. The molecule has 0 saturated heterocycles. The van der Waals surface area contributed by atoms with Gasteiger partial charge in [0.05, 0.1) is 11.3 Å². The number of sulfone groups is 1. The third-order valence-electron chi connectivity index (χ3n) is 5.48. The SMILES string of the molecule is CCS(=O)(=O)CS(=O)(=O)Nc1cc2oc(-c3ccc(F)cc3)c(C(=O)NC)c2cc1C1CC1. The summed E-state index contributed by atoms with van der Waals surface area (Å²) in [5.74, 6) is -0.837. The molecule has 0 bridgehead atoms. The van der Waals surface area contributed by atoms with Crippen LogP contribution in [0.15, 0.2) is 40.8 Å². The van der Waals surface area contributed by atoms with E-state index < -0.39 is 36.7 Å². The number of sulfonamides is 1. The minimum atomic E-state index is -4.18. The Morgan fingerprint density at radius 2 is 1.79 bits per heavy atom. The number of benzene rings is 2. The number of furan rings is 1. The number of nitrogens with one attached hydrogen (secondary N) is 2. The standard InChI is InChI=1S/C22H23FN2O6S2/c1-3-32(27,28)12-33(29,30)25-18-11-19-17(10-16(18)13-4-5-13)20(22(26)24-2)21(31-19)14-6-8-15(23)9-7-14/h6-11,13,25H,3-5,12H2,1-2H3,(H,24,26). The molecule has 0 aliphatic heterocycles. The number of rotatable bonds is 8. The van der Waals surface area contributed by atoms with Crippen LogP contribution in [0, 0.1) is 5.82 Å². The van der Waals surface area contributed by atoms with Crippen LogP contribution in [0.2, 0.25) is 0 Å². The molecule has 1 saturated carbocycles. The predicted molar refractivity (Wildman–Crippen MR) is 124 cm³/mol. The van der Waals surface area contributed by atoms with Gasteiger partial charge in [0.15, 0.2) is 14.9 Å². The molecule has 33 heavy (non-hydrogen) atoms. The molecule has 1 aliphatic carbocycles. The van der Waals surface area contributed by atoms with Gasteiger partial charge in [0, 0.05) is 29.8 Å². The maximum Gasteiger partial charge on any atom is 0.255 e. The van der Waals surface area contributed by atoms with Gasteiger partial charge in [-0.1, -0.05) is 6.92 Å². The Kier molecular flexibility index (Phi) is 5.95. The van der Waals surface area contributed by atoms with E-state index in [1.165, 1.54) is 44.3 Å². The molecule has 2 N–H and O–H groups in total. The van der Waals surface area contributed by atoms with Gasteiger partial charge in [-0.2, -0.15) is 0 Å². The predicted octanol–water partition coefficient (Wildman–Crippen LogP) is 3.61. The van der Waals surface area contributed by atoms with Gasteiger partial charge in [-0.3, -0.25) is 9.52 Å². The van der Waals surface area contributed by atoms with E-state index in [0.29, 0.717) is 16.5 Å². The Balaban J connectivity index is 1.87. The first kappa shape index (κ1) is 23.2. The molecule has 0 unspecified atom stereocenters. The zero-order chi connectivity index (χ0) is 24.0. The lowest BCUT2D eigenvalue weighted by Crippen LogP contribution is -2.24. The van der Waals surface area contributed by atoms with Crippen molar-refractivity contribution in [2.24, 2.45) is 0 Å². The van der Waals surface area contributed by atoms with Gasteiger partial charge < -0.3 is 9.73 Å². The summed E-state index contributed by atoms with van der Waals surface area (Å²) in [5, 5.41) is 2.04. The molecule has 1 aliphatic rings. The number of anilines is 1. The van der Waals surface area contributed by atoms with Crippen LogP contribution in [0.25, 0.3) is 22.3 Å². The summed E-state index contributed by atoms with van der Waals surface area (Å²) in [6.45, 7) is 1.38. The van der Waals surface area contributed by atoms with Crippen molar-refractivity contribution in [3.05, 3.63) is 53.3 Å². The fourth-order valence-corrected chi connectivity index (χ4v) is 6.96. The van der Waals surface area contributed by atoms with Gasteiger partial charge >= 0.3 is 0 Å². The Bertz CT molecular complexity index is 1440. The molecule has 1 fully saturated rings. The number of hydrogen-bond acceptors (Lipinski definition) is 6. The zero-order valence-corrected chi connectivity index (χ0v) is 19.6. The molecule has 1 aromatic heterocycles. The summed E-state index contributed by atoms with van der Waals surface area (Å²) >= 11 is 0. The van der Waals surface area contributed by atoms with Crippen molar-refractivity contribution in [1.82, 2.24) is 5.32 Å². The molecular weight excluding hydrogens is 471 g/mol. The molecule has 1 amide bonds. The Hall–Kier alpha value is -2.92. The van der Waals surface area contributed by atoms with Gasteiger partial charge in [-0.05, 0) is 54.7 Å². The lowest BCUT2D eigenvalue weighted by molar-refractivity contribution is 0.0964. The first-order valence-electron chi connectivity index (χ1n) is 10.3. The third kappa shape index (κ3) is 4.88. The monoisotopic (exact) mass is 494 g/mol. The smallest absolute Gasteiger partial charge is 0.255 e. The van der Waals surface area contributed by atoms with Crippen molar-refractivity contribution in [3.63, 3.8) is 0 Å². The molecule has 8 nitrogen and oxygen atoms in total. The molecule has 11 heteroatoms. The second-order valence-electron chi connectivity index (χ2n) is 7.97. The second-order valence-corrected chi connectivity index (χ2v) is 12.4. The van der Waals surface area contributed by atoms with Gasteiger partial charge in [-0.15, -0.1) is 0 Å². The number of amides is 1. The Morgan fingerprint density at radius 3 is 2.36 bits per heavy atom. The normalized spacial score (nSPS) is 14.4. The average Bonchev–Trinajstić information content (AvgIpc) is 3.53. The fraction of sp³-hybridized carbons (Fsp3) is 0.318. The van der Waals surface area contributed by atoms with E-state index in [9.17, 15) is 26.0 Å². The number of halogens is 1. The highest BCUT2D eigenvalue weighted by atomic mass is 32.3. The number of hydrogen-bond donors (Lipinski definition) is 2. The molecule has 3 aromatic rings. The molecule has 0 atom stereocenters. The van der Waals surface area contributed by atoms with Crippen molar-refractivity contribution in [1.29, 1.82) is 0 Å². The van der Waals surface area contributed by atoms with Gasteiger partial charge in [0.25, 0.3) is 5.91 Å². The molecule has 176 valence electrons. The van der Waals surface area contributed by atoms with Gasteiger partial charge in [-0.25, -0.2) is 21.2 Å². The van der Waals surface area contributed by atoms with Gasteiger partial charge in [0.1, 0.15) is 17.2 Å². The highest BCUT2D eigenvalue weighted by molar-refractivity contribution is 8.08. The van der Waals surface area contributed by atoms with E-state index in [4.69, 9.17) is 4.42 Å². The van der Waals surface area contributed by atoms with Crippen LogP contribution in [0.1, 0.15) is 41.6 Å². The number of carbonyl (C=O) groups excluding carboxylic acids is 1. The van der Waals surface area contributed by atoms with E-state index in [1.54, 1.807) is 6.07 Å². The van der Waals surface area contributed by atoms with Crippen LogP contribution in [0.5, 0.6) is 0 Å². The van der Waals surface area contributed by atoms with Gasteiger partial charge in [0.2, 0.25) is 10.0 Å². The summed E-state index contributed by atoms with van der Waals surface area (Å²) in [6.07, 6.45) is 1.68. The molecule has 1 heterocycles. The minimum absolute atomic E-state index is 0.0802. The number of carbonyl (C=O) groups is 1. The van der Waals surface area contributed by atoms with Crippen LogP contribution in [0.4, 0.5) is 10.1 Å². The van der Waals surface area contributed by atoms with Crippen LogP contribution >= 0.6 is 0 Å². The third-order valence-corrected chi connectivity index (χ3v) is 9.57. The summed E-state index contributed by atoms with van der Waals surface area (Å²) in [6, 6.07) is 8.65. The summed E-state index contributed by atoms with van der Waals surface area (Å²) in [7, 11) is -6.47. The van der Waals surface area contributed by atoms with E-state index in [-0.39, 0.29) is 34.3 Å². The maximum atomic E-state index is 13.4. The largest absolute Gasteiger partial charge is 0.455 e. The quantitative estimate of drug-likeness (QED) is 0.493. The highest BCUT2D eigenvalue weighted by Gasteiger charge is 2.31. The van der Waals surface area contributed by atoms with Crippen LogP contribution in [0.3, 0.4) is 0 Å². The maximum absolute atomic E-state index is 13.4. The molecule has 2 aromatic carbocycles. The minimum Gasteiger partial charge on any atom is -0.455 e. The molecule has 0 radical (unpaired) electrons. The van der Waals surface area contributed by atoms with E-state index in [2.05, 4.69) is 10.0 Å². The van der Waals surface area contributed by atoms with Crippen molar-refractivity contribution >= 4 is 42.4 Å². The zero-order valence-electron chi connectivity index (χ0n) is 18.0. The van der Waals surface area contributed by atoms with E-state index in [1.807, 2.05) is 0 Å². The van der Waals surface area contributed by atoms with Crippen LogP contribution in [-0.2, 0) is 19.9 Å². The lowest BCUT2D eigenvalue weighted by atomic mass is 10.0. The van der Waals surface area contributed by atoms with Crippen molar-refractivity contribution in [2.75, 3.05) is 22.6 Å². The van der Waals surface area contributed by atoms with Crippen molar-refractivity contribution in [2.45, 2.75) is 25.7 Å². The fourth-order valence-electron chi connectivity index (χ4n) is 3.65. The summed E-state index contributed by atoms with van der Waals surface area (Å²) < 4.78 is 70.6. The number of fused-ring (bicyclic) bond motifs is 1. The molecule has 4 rings (SSSR count). The lowest BCUT2D eigenvalue weighted by Gasteiger charge is -2.13. The van der Waals surface area contributed by atoms with Crippen LogP contribution < -0.4 is 10.0 Å². The van der Waals surface area contributed by atoms with Crippen LogP contribution in [-0.4, -0.2) is 40.6 Å². The summed E-state index contributed by atoms with van der Waals surface area (Å²) in [5.41, 5.74) is 1.86. The van der Waals surface area contributed by atoms with E-state index in [0.717, 1.165) is 12.8 Å². The first-order chi connectivity index (χ1) is 15.5. The second kappa shape index (κ2) is 8.45. The molecular formula is C22H23FN2O6S2. The van der Waals surface area contributed by atoms with Crippen molar-refractivity contribution < 1.29 is 30.4 Å². The van der Waals surface area contributed by atoms with E-state index >= 15 is 0 Å².